The Bertz CT molecular complexity index is 1290. The number of carbonyl (C=O) groups excluding carboxylic acids is 2. The van der Waals surface area contributed by atoms with Crippen LogP contribution in [-0.4, -0.2) is 50.1 Å². The van der Waals surface area contributed by atoms with E-state index in [0.29, 0.717) is 48.9 Å². The van der Waals surface area contributed by atoms with Gasteiger partial charge in [-0.05, 0) is 36.5 Å². The SMILES string of the molecule is CC(=O)N(I)c1cccc2c(=O)n(CC3(O)CCN(C(=O)C[C@@H](C)c4ccccc4)CC3)cnc12. The Hall–Kier alpha value is -2.79. The molecule has 2 aromatic carbocycles. The highest BCUT2D eigenvalue weighted by Gasteiger charge is 2.35. The first-order chi connectivity index (χ1) is 16.7. The fourth-order valence-electron chi connectivity index (χ4n) is 4.55. The molecule has 0 aliphatic carbocycles. The molecule has 0 saturated carbocycles. The average Bonchev–Trinajstić information content (AvgIpc) is 2.85. The van der Waals surface area contributed by atoms with Crippen LogP contribution in [0.5, 0.6) is 0 Å². The molecule has 1 fully saturated rings. The lowest BCUT2D eigenvalue weighted by Gasteiger charge is -2.38. The summed E-state index contributed by atoms with van der Waals surface area (Å²) in [4.78, 5) is 44.0. The van der Waals surface area contributed by atoms with Crippen molar-refractivity contribution in [2.45, 2.75) is 51.2 Å². The molecule has 1 atom stereocenters. The van der Waals surface area contributed by atoms with Gasteiger partial charge in [0.15, 0.2) is 0 Å². The molecule has 1 aliphatic rings. The Labute approximate surface area is 218 Å². The Morgan fingerprint density at radius 1 is 1.14 bits per heavy atom. The second-order valence-corrected chi connectivity index (χ2v) is 10.2. The van der Waals surface area contributed by atoms with Gasteiger partial charge in [0.2, 0.25) is 11.8 Å². The largest absolute Gasteiger partial charge is 0.388 e. The third kappa shape index (κ3) is 5.56. The highest BCUT2D eigenvalue weighted by Crippen LogP contribution is 2.28. The maximum Gasteiger partial charge on any atom is 0.261 e. The quantitative estimate of drug-likeness (QED) is 0.351. The molecule has 1 aromatic heterocycles. The number of benzene rings is 2. The zero-order valence-electron chi connectivity index (χ0n) is 19.9. The van der Waals surface area contributed by atoms with Crippen molar-refractivity contribution in [3.8, 4) is 0 Å². The molecule has 3 aromatic rings. The predicted molar refractivity (Wildman–Crippen MR) is 143 cm³/mol. The molecular weight excluding hydrogens is 559 g/mol. The van der Waals surface area contributed by atoms with E-state index in [1.807, 2.05) is 60.1 Å². The summed E-state index contributed by atoms with van der Waals surface area (Å²) in [6.07, 6.45) is 2.62. The molecule has 0 unspecified atom stereocenters. The molecule has 35 heavy (non-hydrogen) atoms. The number of fused-ring (bicyclic) bond motifs is 1. The van der Waals surface area contributed by atoms with Gasteiger partial charge >= 0.3 is 0 Å². The molecule has 2 amide bonds. The fraction of sp³-hybridized carbons (Fsp3) is 0.385. The van der Waals surface area contributed by atoms with E-state index in [9.17, 15) is 19.5 Å². The normalized spacial score (nSPS) is 16.2. The molecule has 1 saturated heterocycles. The van der Waals surface area contributed by atoms with Crippen LogP contribution in [0.4, 0.5) is 5.69 Å². The number of likely N-dealkylation sites (tertiary alicyclic amines) is 1. The van der Waals surface area contributed by atoms with E-state index in [-0.39, 0.29) is 29.8 Å². The zero-order chi connectivity index (χ0) is 25.2. The summed E-state index contributed by atoms with van der Waals surface area (Å²) in [6.45, 7) is 4.48. The number of halogens is 1. The standard InChI is InChI=1S/C26H29IN4O4/c1-18(20-7-4-3-5-8-20)15-23(33)29-13-11-26(35,12-14-29)16-30-17-28-24-21(25(30)34)9-6-10-22(24)31(27)19(2)32/h3-10,17-18,35H,11-16H2,1-2H3/t18-/m1/s1. The molecule has 8 nitrogen and oxygen atoms in total. The minimum Gasteiger partial charge on any atom is -0.388 e. The highest BCUT2D eigenvalue weighted by molar-refractivity contribution is 14.1. The number of nitrogens with zero attached hydrogens (tertiary/aromatic N) is 4. The van der Waals surface area contributed by atoms with Gasteiger partial charge in [-0.25, -0.2) is 4.98 Å². The lowest BCUT2D eigenvalue weighted by Crippen LogP contribution is -2.49. The summed E-state index contributed by atoms with van der Waals surface area (Å²) in [6, 6.07) is 15.1. The van der Waals surface area contributed by atoms with Crippen LogP contribution in [0.3, 0.4) is 0 Å². The van der Waals surface area contributed by atoms with Gasteiger partial charge in [0, 0.05) is 26.4 Å². The molecule has 184 valence electrons. The number of hydrogen-bond acceptors (Lipinski definition) is 5. The third-order valence-corrected chi connectivity index (χ3v) is 7.88. The molecule has 2 heterocycles. The Morgan fingerprint density at radius 3 is 2.49 bits per heavy atom. The van der Waals surface area contributed by atoms with E-state index in [2.05, 4.69) is 4.98 Å². The van der Waals surface area contributed by atoms with Gasteiger partial charge in [0.05, 0.1) is 52.4 Å². The number of para-hydroxylation sites is 1. The van der Waals surface area contributed by atoms with Crippen LogP contribution in [0.1, 0.15) is 44.6 Å². The number of aromatic nitrogens is 2. The predicted octanol–water partition coefficient (Wildman–Crippen LogP) is 3.65. The van der Waals surface area contributed by atoms with Crippen LogP contribution in [-0.2, 0) is 16.1 Å². The second-order valence-electron chi connectivity index (χ2n) is 9.27. The van der Waals surface area contributed by atoms with Gasteiger partial charge in [0.1, 0.15) is 5.52 Å². The molecule has 4 rings (SSSR count). The summed E-state index contributed by atoms with van der Waals surface area (Å²) < 4.78 is 2.85. The van der Waals surface area contributed by atoms with Crippen molar-refractivity contribution in [3.05, 3.63) is 70.8 Å². The maximum atomic E-state index is 13.2. The number of carbonyl (C=O) groups is 2. The van der Waals surface area contributed by atoms with Crippen molar-refractivity contribution in [3.63, 3.8) is 0 Å². The molecule has 0 bridgehead atoms. The number of rotatable bonds is 6. The van der Waals surface area contributed by atoms with Gasteiger partial charge in [-0.2, -0.15) is 0 Å². The van der Waals surface area contributed by atoms with Crippen molar-refractivity contribution in [1.29, 1.82) is 0 Å². The molecule has 9 heteroatoms. The van der Waals surface area contributed by atoms with E-state index in [4.69, 9.17) is 0 Å². The summed E-state index contributed by atoms with van der Waals surface area (Å²) in [7, 11) is 0. The molecule has 1 N–H and O–H groups in total. The van der Waals surface area contributed by atoms with Crippen LogP contribution < -0.4 is 8.67 Å². The second kappa shape index (κ2) is 10.4. The van der Waals surface area contributed by atoms with Crippen LogP contribution in [0.25, 0.3) is 10.9 Å². The number of hydrogen-bond donors (Lipinski definition) is 1. The topological polar surface area (TPSA) is 95.7 Å². The summed E-state index contributed by atoms with van der Waals surface area (Å²) in [5.41, 5.74) is 0.754. The van der Waals surface area contributed by atoms with E-state index < -0.39 is 5.60 Å². The smallest absolute Gasteiger partial charge is 0.261 e. The number of piperidine rings is 1. The Kier molecular flexibility index (Phi) is 7.56. The van der Waals surface area contributed by atoms with Gasteiger partial charge < -0.3 is 10.0 Å². The minimum absolute atomic E-state index is 0.0781. The summed E-state index contributed by atoms with van der Waals surface area (Å²) in [5.74, 6) is 0.0327. The van der Waals surface area contributed by atoms with E-state index in [0.717, 1.165) is 5.56 Å². The lowest BCUT2D eigenvalue weighted by atomic mass is 9.90. The van der Waals surface area contributed by atoms with Crippen LogP contribution >= 0.6 is 22.9 Å². The first-order valence-electron chi connectivity index (χ1n) is 11.7. The number of aliphatic hydroxyl groups is 1. The summed E-state index contributed by atoms with van der Waals surface area (Å²) in [5, 5.41) is 11.6. The van der Waals surface area contributed by atoms with Crippen LogP contribution in [0.2, 0.25) is 0 Å². The van der Waals surface area contributed by atoms with Gasteiger partial charge in [-0.15, -0.1) is 0 Å². The lowest BCUT2D eigenvalue weighted by molar-refractivity contribution is -0.136. The minimum atomic E-state index is -1.10. The van der Waals surface area contributed by atoms with Crippen molar-refractivity contribution >= 4 is 51.3 Å². The molecule has 0 radical (unpaired) electrons. The van der Waals surface area contributed by atoms with Crippen LogP contribution in [0.15, 0.2) is 59.7 Å². The maximum absolute atomic E-state index is 13.2. The molecule has 0 spiro atoms. The average molecular weight is 588 g/mol. The number of anilines is 1. The van der Waals surface area contributed by atoms with Crippen molar-refractivity contribution in [2.24, 2.45) is 0 Å². The Balaban J connectivity index is 1.43. The first kappa shape index (κ1) is 25.3. The van der Waals surface area contributed by atoms with Gasteiger partial charge in [-0.1, -0.05) is 43.3 Å². The van der Waals surface area contributed by atoms with Gasteiger partial charge in [0.25, 0.3) is 5.56 Å². The van der Waals surface area contributed by atoms with Gasteiger partial charge in [-0.3, -0.25) is 22.1 Å². The first-order valence-corrected chi connectivity index (χ1v) is 12.6. The van der Waals surface area contributed by atoms with Crippen molar-refractivity contribution in [1.82, 2.24) is 14.5 Å². The fourth-order valence-corrected chi connectivity index (χ4v) is 4.94. The molecule has 1 aliphatic heterocycles. The monoisotopic (exact) mass is 588 g/mol. The highest BCUT2D eigenvalue weighted by atomic mass is 127. The zero-order valence-corrected chi connectivity index (χ0v) is 22.0. The Morgan fingerprint density at radius 2 is 1.83 bits per heavy atom. The van der Waals surface area contributed by atoms with E-state index in [1.54, 1.807) is 23.1 Å². The molecular formula is C26H29IN4O4. The third-order valence-electron chi connectivity index (χ3n) is 6.68. The van der Waals surface area contributed by atoms with E-state index in [1.165, 1.54) is 20.9 Å². The summed E-state index contributed by atoms with van der Waals surface area (Å²) >= 11 is 1.89. The number of amides is 2. The van der Waals surface area contributed by atoms with Crippen LogP contribution in [0, 0.1) is 0 Å². The van der Waals surface area contributed by atoms with Crippen molar-refractivity contribution < 1.29 is 14.7 Å². The van der Waals surface area contributed by atoms with E-state index >= 15 is 0 Å². The van der Waals surface area contributed by atoms with Crippen molar-refractivity contribution in [2.75, 3.05) is 16.2 Å².